The Morgan fingerprint density at radius 2 is 2.55 bits per heavy atom. The SMILES string of the molecule is NCC[C@@H](O)c1csc(Br)n1. The van der Waals surface area contributed by atoms with Crippen molar-refractivity contribution in [1.29, 1.82) is 0 Å². The highest BCUT2D eigenvalue weighted by atomic mass is 79.9. The number of halogens is 1. The van der Waals surface area contributed by atoms with Gasteiger partial charge in [0.15, 0.2) is 3.92 Å². The topological polar surface area (TPSA) is 59.1 Å². The Hall–Kier alpha value is 0.0300. The first kappa shape index (κ1) is 9.12. The largest absolute Gasteiger partial charge is 0.387 e. The summed E-state index contributed by atoms with van der Waals surface area (Å²) in [5.41, 5.74) is 5.98. The van der Waals surface area contributed by atoms with Crippen LogP contribution in [0.4, 0.5) is 0 Å². The molecule has 0 radical (unpaired) electrons. The Labute approximate surface area is 77.4 Å². The summed E-state index contributed by atoms with van der Waals surface area (Å²) in [5, 5.41) is 11.2. The highest BCUT2D eigenvalue weighted by molar-refractivity contribution is 9.11. The maximum Gasteiger partial charge on any atom is 0.159 e. The predicted octanol–water partition coefficient (Wildman–Crippen LogP) is 1.29. The van der Waals surface area contributed by atoms with Crippen LogP contribution in [-0.2, 0) is 0 Å². The van der Waals surface area contributed by atoms with Crippen LogP contribution >= 0.6 is 27.3 Å². The fourth-order valence-corrected chi connectivity index (χ4v) is 1.79. The lowest BCUT2D eigenvalue weighted by molar-refractivity contribution is 0.166. The van der Waals surface area contributed by atoms with E-state index < -0.39 is 6.10 Å². The second kappa shape index (κ2) is 4.15. The van der Waals surface area contributed by atoms with Gasteiger partial charge < -0.3 is 10.8 Å². The summed E-state index contributed by atoms with van der Waals surface area (Å²) in [6, 6.07) is 0. The molecule has 11 heavy (non-hydrogen) atoms. The Kier molecular flexibility index (Phi) is 3.45. The van der Waals surface area contributed by atoms with Crippen molar-refractivity contribution < 1.29 is 5.11 Å². The molecule has 1 aromatic heterocycles. The highest BCUT2D eigenvalue weighted by Crippen LogP contribution is 2.22. The van der Waals surface area contributed by atoms with Gasteiger partial charge in [-0.1, -0.05) is 0 Å². The van der Waals surface area contributed by atoms with Gasteiger partial charge in [-0.3, -0.25) is 0 Å². The molecule has 0 amide bonds. The van der Waals surface area contributed by atoms with Crippen molar-refractivity contribution in [3.05, 3.63) is 15.0 Å². The van der Waals surface area contributed by atoms with Gasteiger partial charge in [0.1, 0.15) is 0 Å². The van der Waals surface area contributed by atoms with Crippen LogP contribution in [0.25, 0.3) is 0 Å². The maximum atomic E-state index is 9.38. The molecular formula is C6H9BrN2OS. The molecule has 3 nitrogen and oxygen atoms in total. The molecule has 0 aliphatic heterocycles. The van der Waals surface area contributed by atoms with Gasteiger partial charge >= 0.3 is 0 Å². The third-order valence-electron chi connectivity index (χ3n) is 1.28. The molecule has 0 unspecified atom stereocenters. The highest BCUT2D eigenvalue weighted by Gasteiger charge is 2.09. The molecule has 0 aromatic carbocycles. The number of nitrogens with two attached hydrogens (primary N) is 1. The van der Waals surface area contributed by atoms with E-state index in [1.165, 1.54) is 11.3 Å². The fourth-order valence-electron chi connectivity index (χ4n) is 0.722. The summed E-state index contributed by atoms with van der Waals surface area (Å²) in [5.74, 6) is 0. The molecule has 0 aliphatic rings. The molecule has 0 spiro atoms. The van der Waals surface area contributed by atoms with E-state index in [1.807, 2.05) is 5.38 Å². The van der Waals surface area contributed by atoms with E-state index in [1.54, 1.807) is 0 Å². The van der Waals surface area contributed by atoms with E-state index in [9.17, 15) is 5.11 Å². The number of hydrogen-bond donors (Lipinski definition) is 2. The number of hydrogen-bond acceptors (Lipinski definition) is 4. The molecule has 0 saturated carbocycles. The molecule has 1 rings (SSSR count). The van der Waals surface area contributed by atoms with E-state index in [-0.39, 0.29) is 0 Å². The van der Waals surface area contributed by atoms with Gasteiger partial charge in [0.25, 0.3) is 0 Å². The van der Waals surface area contributed by atoms with Gasteiger partial charge in [0.05, 0.1) is 11.8 Å². The van der Waals surface area contributed by atoms with Crippen LogP contribution in [0.15, 0.2) is 9.30 Å². The van der Waals surface area contributed by atoms with Gasteiger partial charge in [-0.05, 0) is 28.9 Å². The second-order valence-corrected chi connectivity index (χ2v) is 4.25. The summed E-state index contributed by atoms with van der Waals surface area (Å²) < 4.78 is 0.795. The second-order valence-electron chi connectivity index (χ2n) is 2.12. The van der Waals surface area contributed by atoms with E-state index in [4.69, 9.17) is 5.73 Å². The van der Waals surface area contributed by atoms with Crippen molar-refractivity contribution >= 4 is 27.3 Å². The predicted molar refractivity (Wildman–Crippen MR) is 48.4 cm³/mol. The molecule has 5 heteroatoms. The van der Waals surface area contributed by atoms with Crippen LogP contribution in [0.5, 0.6) is 0 Å². The standard InChI is InChI=1S/C6H9BrN2OS/c7-6-9-4(3-11-6)5(10)1-2-8/h3,5,10H,1-2,8H2/t5-/m1/s1. The monoisotopic (exact) mass is 236 g/mol. The first-order valence-electron chi connectivity index (χ1n) is 3.23. The lowest BCUT2D eigenvalue weighted by Crippen LogP contribution is -2.06. The van der Waals surface area contributed by atoms with Crippen LogP contribution in [0.2, 0.25) is 0 Å². The molecular weight excluding hydrogens is 228 g/mol. The number of rotatable bonds is 3. The first-order valence-corrected chi connectivity index (χ1v) is 4.90. The third kappa shape index (κ3) is 2.52. The zero-order chi connectivity index (χ0) is 8.27. The van der Waals surface area contributed by atoms with Gasteiger partial charge in [-0.15, -0.1) is 11.3 Å². The lowest BCUT2D eigenvalue weighted by Gasteiger charge is -2.03. The quantitative estimate of drug-likeness (QED) is 0.832. The summed E-state index contributed by atoms with van der Waals surface area (Å²) in [6.07, 6.45) is 0.0541. The van der Waals surface area contributed by atoms with E-state index in [2.05, 4.69) is 20.9 Å². The molecule has 1 atom stereocenters. The van der Waals surface area contributed by atoms with Gasteiger partial charge in [0.2, 0.25) is 0 Å². The van der Waals surface area contributed by atoms with E-state index in [0.29, 0.717) is 18.7 Å². The van der Waals surface area contributed by atoms with Crippen LogP contribution in [0.1, 0.15) is 18.2 Å². The average Bonchev–Trinajstić information content (AvgIpc) is 2.36. The molecule has 0 saturated heterocycles. The van der Waals surface area contributed by atoms with Crippen LogP contribution in [-0.4, -0.2) is 16.6 Å². The van der Waals surface area contributed by atoms with Crippen molar-refractivity contribution in [2.24, 2.45) is 5.73 Å². The summed E-state index contributed by atoms with van der Waals surface area (Å²) >= 11 is 4.68. The Balaban J connectivity index is 2.60. The van der Waals surface area contributed by atoms with Crippen LogP contribution in [0, 0.1) is 0 Å². The Bertz CT molecular complexity index is 228. The van der Waals surface area contributed by atoms with Crippen molar-refractivity contribution in [3.63, 3.8) is 0 Å². The van der Waals surface area contributed by atoms with Crippen LogP contribution in [0.3, 0.4) is 0 Å². The van der Waals surface area contributed by atoms with Gasteiger partial charge in [0, 0.05) is 5.38 Å². The maximum absolute atomic E-state index is 9.38. The van der Waals surface area contributed by atoms with E-state index >= 15 is 0 Å². The number of thiazole rings is 1. The molecule has 0 bridgehead atoms. The number of aromatic nitrogens is 1. The van der Waals surface area contributed by atoms with Crippen LogP contribution < -0.4 is 5.73 Å². The summed E-state index contributed by atoms with van der Waals surface area (Å²) in [6.45, 7) is 0.482. The molecule has 0 fully saturated rings. The van der Waals surface area contributed by atoms with Crippen molar-refractivity contribution in [3.8, 4) is 0 Å². The van der Waals surface area contributed by atoms with Crippen molar-refractivity contribution in [2.75, 3.05) is 6.54 Å². The molecule has 3 N–H and O–H groups in total. The molecule has 1 heterocycles. The van der Waals surface area contributed by atoms with Gasteiger partial charge in [-0.25, -0.2) is 4.98 Å². The minimum absolute atomic E-state index is 0.482. The minimum atomic E-state index is -0.512. The summed E-state index contributed by atoms with van der Waals surface area (Å²) in [7, 11) is 0. The average molecular weight is 237 g/mol. The fraction of sp³-hybridized carbons (Fsp3) is 0.500. The zero-order valence-corrected chi connectivity index (χ0v) is 8.23. The number of aliphatic hydroxyl groups excluding tert-OH is 1. The lowest BCUT2D eigenvalue weighted by atomic mass is 10.2. The van der Waals surface area contributed by atoms with E-state index in [0.717, 1.165) is 3.92 Å². The summed E-state index contributed by atoms with van der Waals surface area (Å²) in [4.78, 5) is 4.06. The third-order valence-corrected chi connectivity index (χ3v) is 2.66. The molecule has 1 aromatic rings. The van der Waals surface area contributed by atoms with Crippen molar-refractivity contribution in [2.45, 2.75) is 12.5 Å². The zero-order valence-electron chi connectivity index (χ0n) is 5.83. The molecule has 62 valence electrons. The molecule has 0 aliphatic carbocycles. The minimum Gasteiger partial charge on any atom is -0.387 e. The number of nitrogens with zero attached hydrogens (tertiary/aromatic N) is 1. The van der Waals surface area contributed by atoms with Crippen molar-refractivity contribution in [1.82, 2.24) is 4.98 Å². The number of aliphatic hydroxyl groups is 1. The smallest absolute Gasteiger partial charge is 0.159 e. The Morgan fingerprint density at radius 1 is 1.82 bits per heavy atom. The Morgan fingerprint density at radius 3 is 3.00 bits per heavy atom. The first-order chi connectivity index (χ1) is 5.24. The normalized spacial score (nSPS) is 13.4. The van der Waals surface area contributed by atoms with Gasteiger partial charge in [-0.2, -0.15) is 0 Å².